The molecule has 1 aliphatic heterocycles. The van der Waals surface area contributed by atoms with Crippen LogP contribution >= 0.6 is 11.3 Å². The van der Waals surface area contributed by atoms with Crippen LogP contribution in [0.4, 0.5) is 0 Å². The molecule has 1 aromatic carbocycles. The van der Waals surface area contributed by atoms with Crippen molar-refractivity contribution >= 4 is 17.2 Å². The maximum Gasteiger partial charge on any atom is 0.234 e. The molecule has 3 fully saturated rings. The molecule has 1 unspecified atom stereocenters. The van der Waals surface area contributed by atoms with Gasteiger partial charge in [-0.05, 0) is 42.7 Å². The van der Waals surface area contributed by atoms with Gasteiger partial charge in [-0.25, -0.2) is 0 Å². The van der Waals surface area contributed by atoms with Gasteiger partial charge in [0.05, 0.1) is 11.5 Å². The number of rotatable bonds is 4. The van der Waals surface area contributed by atoms with Crippen molar-refractivity contribution < 1.29 is 4.79 Å². The van der Waals surface area contributed by atoms with Gasteiger partial charge in [-0.2, -0.15) is 0 Å². The standard InChI is InChI=1S/C23H28N2OS/c26-22(23(12-4-5-13-23)21-9-6-16-27-21)25-15-14-24(19-10-11-19)17-20(25)18-7-2-1-3-8-18/h1-3,6-9,16,19-20H,4-5,10-15,17H2. The topological polar surface area (TPSA) is 23.6 Å². The zero-order chi connectivity index (χ0) is 18.3. The number of amides is 1. The fourth-order valence-corrected chi connectivity index (χ4v) is 6.13. The molecule has 3 aliphatic rings. The van der Waals surface area contributed by atoms with Crippen molar-refractivity contribution in [2.45, 2.75) is 56.0 Å². The number of hydrogen-bond acceptors (Lipinski definition) is 3. The van der Waals surface area contributed by atoms with Crippen LogP contribution in [0.15, 0.2) is 47.8 Å². The van der Waals surface area contributed by atoms with E-state index in [2.05, 4.69) is 57.6 Å². The van der Waals surface area contributed by atoms with Gasteiger partial charge >= 0.3 is 0 Å². The van der Waals surface area contributed by atoms with Gasteiger partial charge in [0.1, 0.15) is 0 Å². The van der Waals surface area contributed by atoms with Crippen LogP contribution in [0.2, 0.25) is 0 Å². The highest BCUT2D eigenvalue weighted by Gasteiger charge is 2.48. The highest BCUT2D eigenvalue weighted by atomic mass is 32.1. The van der Waals surface area contributed by atoms with Crippen molar-refractivity contribution in [2.75, 3.05) is 19.6 Å². The molecular weight excluding hydrogens is 352 g/mol. The highest BCUT2D eigenvalue weighted by molar-refractivity contribution is 7.10. The first-order valence-electron chi connectivity index (χ1n) is 10.4. The molecule has 1 amide bonds. The van der Waals surface area contributed by atoms with E-state index < -0.39 is 0 Å². The first kappa shape index (κ1) is 17.4. The largest absolute Gasteiger partial charge is 0.332 e. The summed E-state index contributed by atoms with van der Waals surface area (Å²) in [6, 6.07) is 15.9. The average molecular weight is 381 g/mol. The Morgan fingerprint density at radius 2 is 1.78 bits per heavy atom. The van der Waals surface area contributed by atoms with Crippen molar-refractivity contribution in [3.63, 3.8) is 0 Å². The fourth-order valence-electron chi connectivity index (χ4n) is 5.15. The number of thiophene rings is 1. The number of nitrogens with zero attached hydrogens (tertiary/aromatic N) is 2. The van der Waals surface area contributed by atoms with Gasteiger partial charge in [0.2, 0.25) is 5.91 Å². The van der Waals surface area contributed by atoms with E-state index in [0.29, 0.717) is 5.91 Å². The molecule has 0 spiro atoms. The average Bonchev–Trinajstić information content (AvgIpc) is 3.20. The van der Waals surface area contributed by atoms with Crippen LogP contribution in [0.5, 0.6) is 0 Å². The molecule has 4 heteroatoms. The van der Waals surface area contributed by atoms with Gasteiger partial charge in [0, 0.05) is 30.6 Å². The summed E-state index contributed by atoms with van der Waals surface area (Å²) in [4.78, 5) is 20.1. The summed E-state index contributed by atoms with van der Waals surface area (Å²) in [5.41, 5.74) is 1.01. The number of hydrogen-bond donors (Lipinski definition) is 0. The summed E-state index contributed by atoms with van der Waals surface area (Å²) in [6.07, 6.45) is 7.01. The lowest BCUT2D eigenvalue weighted by atomic mass is 9.81. The van der Waals surface area contributed by atoms with Crippen LogP contribution in [-0.4, -0.2) is 41.4 Å². The van der Waals surface area contributed by atoms with Crippen molar-refractivity contribution in [3.8, 4) is 0 Å². The molecule has 2 heterocycles. The summed E-state index contributed by atoms with van der Waals surface area (Å²) in [5.74, 6) is 0.381. The monoisotopic (exact) mass is 380 g/mol. The molecule has 2 aliphatic carbocycles. The third-order valence-corrected chi connectivity index (χ3v) is 7.85. The molecule has 0 bridgehead atoms. The van der Waals surface area contributed by atoms with E-state index in [1.165, 1.54) is 36.1 Å². The molecule has 1 saturated heterocycles. The predicted molar refractivity (Wildman–Crippen MR) is 110 cm³/mol. The van der Waals surface area contributed by atoms with Gasteiger partial charge in [-0.3, -0.25) is 9.69 Å². The van der Waals surface area contributed by atoms with Crippen LogP contribution in [0, 0.1) is 0 Å². The van der Waals surface area contributed by atoms with E-state index >= 15 is 0 Å². The molecule has 3 nitrogen and oxygen atoms in total. The van der Waals surface area contributed by atoms with Gasteiger partial charge in [-0.15, -0.1) is 11.3 Å². The van der Waals surface area contributed by atoms with Crippen LogP contribution < -0.4 is 0 Å². The molecular formula is C23H28N2OS. The second kappa shape index (κ2) is 7.06. The Labute approximate surface area is 166 Å². The van der Waals surface area contributed by atoms with Gasteiger partial charge < -0.3 is 4.90 Å². The van der Waals surface area contributed by atoms with E-state index in [0.717, 1.165) is 38.5 Å². The van der Waals surface area contributed by atoms with Crippen molar-refractivity contribution in [3.05, 3.63) is 58.3 Å². The van der Waals surface area contributed by atoms with Crippen LogP contribution in [0.1, 0.15) is 55.0 Å². The summed E-state index contributed by atoms with van der Waals surface area (Å²) >= 11 is 1.77. The van der Waals surface area contributed by atoms with E-state index in [4.69, 9.17) is 0 Å². The van der Waals surface area contributed by atoms with Gasteiger partial charge in [0.25, 0.3) is 0 Å². The minimum Gasteiger partial charge on any atom is -0.332 e. The molecule has 1 atom stereocenters. The Morgan fingerprint density at radius 3 is 2.44 bits per heavy atom. The smallest absolute Gasteiger partial charge is 0.234 e. The molecule has 5 rings (SSSR count). The van der Waals surface area contributed by atoms with Crippen LogP contribution in [0.3, 0.4) is 0 Å². The van der Waals surface area contributed by atoms with Gasteiger partial charge in [0.15, 0.2) is 0 Å². The Morgan fingerprint density at radius 1 is 1.00 bits per heavy atom. The maximum absolute atomic E-state index is 14.0. The van der Waals surface area contributed by atoms with Crippen LogP contribution in [0.25, 0.3) is 0 Å². The van der Waals surface area contributed by atoms with Crippen molar-refractivity contribution in [1.29, 1.82) is 0 Å². The minimum absolute atomic E-state index is 0.186. The molecule has 0 radical (unpaired) electrons. The lowest BCUT2D eigenvalue weighted by molar-refractivity contribution is -0.142. The number of carbonyl (C=O) groups excluding carboxylic acids is 1. The summed E-state index contributed by atoms with van der Waals surface area (Å²) in [7, 11) is 0. The Balaban J connectivity index is 1.48. The van der Waals surface area contributed by atoms with E-state index in [1.807, 2.05) is 0 Å². The minimum atomic E-state index is -0.275. The SMILES string of the molecule is O=C(N1CCN(C2CC2)CC1c1ccccc1)C1(c2cccs2)CCCC1. The lowest BCUT2D eigenvalue weighted by Gasteiger charge is -2.45. The first-order chi connectivity index (χ1) is 13.3. The number of carbonyl (C=O) groups is 1. The Bertz CT molecular complexity index is 778. The normalized spacial score (nSPS) is 25.6. The Hall–Kier alpha value is -1.65. The highest BCUT2D eigenvalue weighted by Crippen LogP contribution is 2.46. The van der Waals surface area contributed by atoms with Crippen molar-refractivity contribution in [1.82, 2.24) is 9.80 Å². The first-order valence-corrected chi connectivity index (χ1v) is 11.3. The quantitative estimate of drug-likeness (QED) is 0.773. The summed E-state index contributed by atoms with van der Waals surface area (Å²) in [5, 5.41) is 2.13. The molecule has 2 aromatic rings. The second-order valence-corrected chi connectivity index (χ2v) is 9.37. The third-order valence-electron chi connectivity index (χ3n) is 6.78. The van der Waals surface area contributed by atoms with Crippen molar-refractivity contribution in [2.24, 2.45) is 0 Å². The number of piperazine rings is 1. The molecule has 2 saturated carbocycles. The van der Waals surface area contributed by atoms with E-state index in [9.17, 15) is 4.79 Å². The summed E-state index contributed by atoms with van der Waals surface area (Å²) in [6.45, 7) is 2.88. The molecule has 27 heavy (non-hydrogen) atoms. The zero-order valence-electron chi connectivity index (χ0n) is 15.8. The lowest BCUT2D eigenvalue weighted by Crippen LogP contribution is -2.55. The zero-order valence-corrected chi connectivity index (χ0v) is 16.7. The molecule has 142 valence electrons. The third kappa shape index (κ3) is 3.13. The number of benzene rings is 1. The second-order valence-electron chi connectivity index (χ2n) is 8.42. The van der Waals surface area contributed by atoms with E-state index in [-0.39, 0.29) is 11.5 Å². The van der Waals surface area contributed by atoms with E-state index in [1.54, 1.807) is 11.3 Å². The summed E-state index contributed by atoms with van der Waals surface area (Å²) < 4.78 is 0. The Kier molecular flexibility index (Phi) is 4.57. The molecule has 0 N–H and O–H groups in total. The fraction of sp³-hybridized carbons (Fsp3) is 0.522. The van der Waals surface area contributed by atoms with Gasteiger partial charge in [-0.1, -0.05) is 49.2 Å². The molecule has 1 aromatic heterocycles. The van der Waals surface area contributed by atoms with Crippen LogP contribution in [-0.2, 0) is 10.2 Å². The predicted octanol–water partition coefficient (Wildman–Crippen LogP) is 4.61. The maximum atomic E-state index is 14.0.